The number of anilines is 6. The van der Waals surface area contributed by atoms with Crippen LogP contribution < -0.4 is 9.80 Å². The van der Waals surface area contributed by atoms with Gasteiger partial charge in [0.25, 0.3) is 0 Å². The Morgan fingerprint density at radius 3 is 1.69 bits per heavy atom. The molecule has 0 aromatic heterocycles. The first kappa shape index (κ1) is 36.4. The molecular weight excluding hydrogens is 737 g/mol. The van der Waals surface area contributed by atoms with Crippen LogP contribution in [0.4, 0.5) is 34.1 Å². The van der Waals surface area contributed by atoms with Gasteiger partial charge in [0.15, 0.2) is 0 Å². The van der Waals surface area contributed by atoms with Crippen LogP contribution in [0.25, 0.3) is 54.9 Å². The number of benzene rings is 10. The highest BCUT2D eigenvalue weighted by Crippen LogP contribution is 2.57. The average Bonchev–Trinajstić information content (AvgIpc) is 3.32. The Morgan fingerprint density at radius 2 is 0.918 bits per heavy atom. The normalized spacial score (nSPS) is 12.9. The van der Waals surface area contributed by atoms with Crippen LogP contribution in [-0.2, 0) is 5.41 Å². The molecule has 0 saturated carbocycles. The van der Waals surface area contributed by atoms with Gasteiger partial charge in [0.2, 0.25) is 0 Å². The predicted octanol–water partition coefficient (Wildman–Crippen LogP) is 16.6. The minimum absolute atomic E-state index is 0.289. The summed E-state index contributed by atoms with van der Waals surface area (Å²) in [6, 6.07) is 84.1. The smallest absolute Gasteiger partial charge is 0.0618 e. The third kappa shape index (κ3) is 6.27. The quantitative estimate of drug-likeness (QED) is 0.159. The topological polar surface area (TPSA) is 6.48 Å². The predicted molar refractivity (Wildman–Crippen MR) is 259 cm³/mol. The molecule has 1 aliphatic rings. The summed E-state index contributed by atoms with van der Waals surface area (Å²) in [7, 11) is 0. The number of hydrogen-bond acceptors (Lipinski definition) is 2. The van der Waals surface area contributed by atoms with Gasteiger partial charge in [0, 0.05) is 33.4 Å². The van der Waals surface area contributed by atoms with Crippen LogP contribution in [0.15, 0.2) is 231 Å². The van der Waals surface area contributed by atoms with E-state index in [-0.39, 0.29) is 5.41 Å². The summed E-state index contributed by atoms with van der Waals surface area (Å²) in [6.07, 6.45) is 0. The van der Waals surface area contributed by atoms with E-state index in [2.05, 4.69) is 254 Å². The molecule has 0 aliphatic carbocycles. The van der Waals surface area contributed by atoms with Crippen molar-refractivity contribution in [2.45, 2.75) is 19.3 Å². The second-order valence-corrected chi connectivity index (χ2v) is 16.6. The lowest BCUT2D eigenvalue weighted by Gasteiger charge is -2.44. The van der Waals surface area contributed by atoms with Crippen molar-refractivity contribution >= 4 is 55.7 Å². The molecule has 2 heteroatoms. The largest absolute Gasteiger partial charge is 0.311 e. The number of rotatable bonds is 7. The molecule has 10 aromatic carbocycles. The van der Waals surface area contributed by atoms with Crippen molar-refractivity contribution in [2.75, 3.05) is 9.80 Å². The van der Waals surface area contributed by atoms with Gasteiger partial charge < -0.3 is 9.80 Å². The van der Waals surface area contributed by atoms with E-state index < -0.39 is 0 Å². The van der Waals surface area contributed by atoms with Crippen molar-refractivity contribution in [3.05, 3.63) is 242 Å². The minimum atomic E-state index is -0.289. The second-order valence-electron chi connectivity index (χ2n) is 16.6. The molecule has 10 aromatic rings. The zero-order chi connectivity index (χ0) is 40.9. The van der Waals surface area contributed by atoms with E-state index in [1.165, 1.54) is 83.1 Å². The first-order valence-corrected chi connectivity index (χ1v) is 21.2. The first-order valence-electron chi connectivity index (χ1n) is 21.2. The van der Waals surface area contributed by atoms with Crippen molar-refractivity contribution in [3.8, 4) is 33.4 Å². The van der Waals surface area contributed by atoms with Gasteiger partial charge in [-0.2, -0.15) is 0 Å². The molecule has 11 rings (SSSR count). The van der Waals surface area contributed by atoms with Gasteiger partial charge in [0.1, 0.15) is 0 Å². The standard InChI is InChI=1S/C59H44N2/c1-59(2)54-28-13-14-29-55(54)61(58-52-26-12-11-18-43(52)35-38-53(58)47-32-31-41-17-9-10-19-44(41)40-47)56-30-16-27-51(57(56)59)46-21-15-20-45(39-46)42-33-36-50(37-34-42)60(48-22-5-3-6-23-48)49-24-7-4-8-25-49/h3-40H,1-2H3. The fourth-order valence-corrected chi connectivity index (χ4v) is 9.68. The van der Waals surface area contributed by atoms with Crippen LogP contribution >= 0.6 is 0 Å². The minimum Gasteiger partial charge on any atom is -0.311 e. The van der Waals surface area contributed by atoms with Crippen molar-refractivity contribution in [3.63, 3.8) is 0 Å². The van der Waals surface area contributed by atoms with E-state index in [1.54, 1.807) is 0 Å². The monoisotopic (exact) mass is 780 g/mol. The molecule has 0 unspecified atom stereocenters. The van der Waals surface area contributed by atoms with Gasteiger partial charge in [0.05, 0.1) is 17.1 Å². The lowest BCUT2D eigenvalue weighted by Crippen LogP contribution is -2.31. The van der Waals surface area contributed by atoms with Crippen LogP contribution in [-0.4, -0.2) is 0 Å². The Morgan fingerprint density at radius 1 is 0.361 bits per heavy atom. The summed E-state index contributed by atoms with van der Waals surface area (Å²) in [5.41, 5.74) is 16.5. The Bertz CT molecular complexity index is 3180. The van der Waals surface area contributed by atoms with Gasteiger partial charge in [-0.3, -0.25) is 0 Å². The van der Waals surface area contributed by atoms with Gasteiger partial charge in [-0.15, -0.1) is 0 Å². The molecular formula is C59H44N2. The van der Waals surface area contributed by atoms with Gasteiger partial charge in [-0.1, -0.05) is 184 Å². The number of para-hydroxylation sites is 3. The van der Waals surface area contributed by atoms with E-state index in [9.17, 15) is 0 Å². The van der Waals surface area contributed by atoms with Gasteiger partial charge in [-0.25, -0.2) is 0 Å². The first-order chi connectivity index (χ1) is 30.0. The van der Waals surface area contributed by atoms with Crippen molar-refractivity contribution < 1.29 is 0 Å². The van der Waals surface area contributed by atoms with Gasteiger partial charge >= 0.3 is 0 Å². The van der Waals surface area contributed by atoms with E-state index in [0.29, 0.717) is 0 Å². The fourth-order valence-electron chi connectivity index (χ4n) is 9.68. The maximum absolute atomic E-state index is 2.56. The summed E-state index contributed by atoms with van der Waals surface area (Å²) in [5, 5.41) is 4.92. The molecule has 0 amide bonds. The molecule has 0 bridgehead atoms. The Labute approximate surface area is 358 Å². The molecule has 0 spiro atoms. The van der Waals surface area contributed by atoms with E-state index in [1.807, 2.05) is 0 Å². The molecule has 0 fully saturated rings. The average molecular weight is 781 g/mol. The van der Waals surface area contributed by atoms with Crippen molar-refractivity contribution in [1.82, 2.24) is 0 Å². The van der Waals surface area contributed by atoms with Crippen molar-refractivity contribution in [2.24, 2.45) is 0 Å². The highest BCUT2D eigenvalue weighted by Gasteiger charge is 2.39. The molecule has 290 valence electrons. The highest BCUT2D eigenvalue weighted by molar-refractivity contribution is 6.08. The molecule has 61 heavy (non-hydrogen) atoms. The molecule has 1 aliphatic heterocycles. The lowest BCUT2D eigenvalue weighted by molar-refractivity contribution is 0.634. The molecule has 1 heterocycles. The van der Waals surface area contributed by atoms with Crippen LogP contribution in [0.2, 0.25) is 0 Å². The molecule has 2 nitrogen and oxygen atoms in total. The Hall–Kier alpha value is -7.68. The molecule has 0 saturated heterocycles. The highest BCUT2D eigenvalue weighted by atomic mass is 15.2. The number of nitrogens with zero attached hydrogens (tertiary/aromatic N) is 2. The summed E-state index contributed by atoms with van der Waals surface area (Å²) in [5.74, 6) is 0. The van der Waals surface area contributed by atoms with Gasteiger partial charge in [-0.05, 0) is 116 Å². The summed E-state index contributed by atoms with van der Waals surface area (Å²) in [6.45, 7) is 4.79. The summed E-state index contributed by atoms with van der Waals surface area (Å²) < 4.78 is 0. The molecule has 0 radical (unpaired) electrons. The number of hydrogen-bond donors (Lipinski definition) is 0. The van der Waals surface area contributed by atoms with Crippen molar-refractivity contribution in [1.29, 1.82) is 0 Å². The zero-order valence-electron chi connectivity index (χ0n) is 34.3. The fraction of sp³-hybridized carbons (Fsp3) is 0.0508. The van der Waals surface area contributed by atoms with E-state index >= 15 is 0 Å². The Balaban J connectivity index is 1.06. The summed E-state index contributed by atoms with van der Waals surface area (Å²) in [4.78, 5) is 4.86. The van der Waals surface area contributed by atoms with Crippen LogP contribution in [0.5, 0.6) is 0 Å². The van der Waals surface area contributed by atoms with E-state index in [4.69, 9.17) is 0 Å². The molecule has 0 N–H and O–H groups in total. The van der Waals surface area contributed by atoms with E-state index in [0.717, 1.165) is 17.1 Å². The number of fused-ring (bicyclic) bond motifs is 4. The van der Waals surface area contributed by atoms with Crippen LogP contribution in [0.3, 0.4) is 0 Å². The summed E-state index contributed by atoms with van der Waals surface area (Å²) >= 11 is 0. The second kappa shape index (κ2) is 14.9. The molecule has 0 atom stereocenters. The third-order valence-electron chi connectivity index (χ3n) is 12.6. The third-order valence-corrected chi connectivity index (χ3v) is 12.6. The maximum atomic E-state index is 2.56. The van der Waals surface area contributed by atoms with Crippen LogP contribution in [0, 0.1) is 0 Å². The van der Waals surface area contributed by atoms with Crippen LogP contribution in [0.1, 0.15) is 25.0 Å². The Kier molecular flexibility index (Phi) is 8.86. The maximum Gasteiger partial charge on any atom is 0.0618 e. The lowest BCUT2D eigenvalue weighted by atomic mass is 9.70. The zero-order valence-corrected chi connectivity index (χ0v) is 34.3. The SMILES string of the molecule is CC1(C)c2ccccc2N(c2c(-c3ccc4ccccc4c3)ccc3ccccc23)c2cccc(-c3cccc(-c4ccc(N(c5ccccc5)c5ccccc5)cc4)c3)c21.